The Morgan fingerprint density at radius 1 is 1.41 bits per heavy atom. The van der Waals surface area contributed by atoms with Crippen molar-refractivity contribution in [2.45, 2.75) is 13.0 Å². The highest BCUT2D eigenvalue weighted by Crippen LogP contribution is 2.32. The summed E-state index contributed by atoms with van der Waals surface area (Å²) in [6.45, 7) is 1.66. The summed E-state index contributed by atoms with van der Waals surface area (Å²) in [6, 6.07) is 4.61. The van der Waals surface area contributed by atoms with Gasteiger partial charge in [-0.05, 0) is 31.2 Å². The molecular formula is C13H13FN2O. The third-order valence-corrected chi connectivity index (χ3v) is 3.13. The number of fused-ring (bicyclic) bond motifs is 2. The van der Waals surface area contributed by atoms with Crippen LogP contribution < -0.4 is 10.1 Å². The number of nitrogens with zero attached hydrogens (tertiary/aromatic N) is 1. The van der Waals surface area contributed by atoms with Crippen LogP contribution in [0, 0.1) is 5.82 Å². The number of halogens is 1. The molecule has 1 aliphatic rings. The van der Waals surface area contributed by atoms with Crippen LogP contribution in [0.3, 0.4) is 0 Å². The Morgan fingerprint density at radius 2 is 2.29 bits per heavy atom. The van der Waals surface area contributed by atoms with Crippen molar-refractivity contribution >= 4 is 10.9 Å². The first kappa shape index (κ1) is 10.5. The van der Waals surface area contributed by atoms with E-state index in [2.05, 4.69) is 10.3 Å². The van der Waals surface area contributed by atoms with E-state index in [-0.39, 0.29) is 5.82 Å². The monoisotopic (exact) mass is 232 g/mol. The van der Waals surface area contributed by atoms with Gasteiger partial charge in [0.2, 0.25) is 0 Å². The summed E-state index contributed by atoms with van der Waals surface area (Å²) in [5.74, 6) is 0.512. The Labute approximate surface area is 98.6 Å². The molecule has 3 nitrogen and oxygen atoms in total. The second kappa shape index (κ2) is 3.96. The van der Waals surface area contributed by atoms with Gasteiger partial charge in [-0.1, -0.05) is 0 Å². The summed E-state index contributed by atoms with van der Waals surface area (Å²) >= 11 is 0. The van der Waals surface area contributed by atoms with Gasteiger partial charge in [-0.2, -0.15) is 0 Å². The van der Waals surface area contributed by atoms with Gasteiger partial charge in [0.05, 0.1) is 18.3 Å². The number of nitrogens with one attached hydrogen (secondary N) is 1. The molecule has 1 aromatic carbocycles. The standard InChI is InChI=1S/C13H13FN2O/c1-17-13-9-4-5-15-7-12(9)16-11-3-2-8(14)6-10(11)13/h2-3,6,15H,4-5,7H2,1H3. The molecule has 1 aromatic heterocycles. The van der Waals surface area contributed by atoms with Crippen LogP contribution in [0.2, 0.25) is 0 Å². The van der Waals surface area contributed by atoms with E-state index in [4.69, 9.17) is 4.74 Å². The fraction of sp³-hybridized carbons (Fsp3) is 0.308. The van der Waals surface area contributed by atoms with Gasteiger partial charge in [0.25, 0.3) is 0 Å². The molecule has 3 rings (SSSR count). The molecule has 0 fully saturated rings. The summed E-state index contributed by atoms with van der Waals surface area (Å²) in [4.78, 5) is 4.56. The van der Waals surface area contributed by atoms with Crippen molar-refractivity contribution in [1.29, 1.82) is 0 Å². The summed E-state index contributed by atoms with van der Waals surface area (Å²) in [7, 11) is 1.63. The maximum absolute atomic E-state index is 13.3. The number of benzene rings is 1. The molecular weight excluding hydrogens is 219 g/mol. The van der Waals surface area contributed by atoms with Gasteiger partial charge in [0.15, 0.2) is 0 Å². The summed E-state index contributed by atoms with van der Waals surface area (Å²) < 4.78 is 18.7. The Hall–Kier alpha value is -1.68. The minimum Gasteiger partial charge on any atom is -0.496 e. The highest BCUT2D eigenvalue weighted by atomic mass is 19.1. The molecule has 2 aromatic rings. The van der Waals surface area contributed by atoms with Crippen LogP contribution in [0.15, 0.2) is 18.2 Å². The van der Waals surface area contributed by atoms with E-state index in [0.29, 0.717) is 0 Å². The Balaban J connectivity index is 2.35. The molecule has 88 valence electrons. The molecule has 0 amide bonds. The van der Waals surface area contributed by atoms with Crippen LogP contribution in [-0.2, 0) is 13.0 Å². The van der Waals surface area contributed by atoms with Gasteiger partial charge < -0.3 is 10.1 Å². The number of aromatic nitrogens is 1. The molecule has 0 saturated carbocycles. The van der Waals surface area contributed by atoms with Crippen molar-refractivity contribution < 1.29 is 9.13 Å². The molecule has 0 bridgehead atoms. The first-order valence-corrected chi connectivity index (χ1v) is 5.65. The van der Waals surface area contributed by atoms with Crippen molar-refractivity contribution in [3.05, 3.63) is 35.3 Å². The van der Waals surface area contributed by atoms with Crippen LogP contribution in [0.4, 0.5) is 4.39 Å². The van der Waals surface area contributed by atoms with Crippen LogP contribution in [0.25, 0.3) is 10.9 Å². The quantitative estimate of drug-likeness (QED) is 0.816. The van der Waals surface area contributed by atoms with Gasteiger partial charge >= 0.3 is 0 Å². The number of methoxy groups -OCH3 is 1. The smallest absolute Gasteiger partial charge is 0.133 e. The lowest BCUT2D eigenvalue weighted by Crippen LogP contribution is -2.25. The SMILES string of the molecule is COc1c2c(nc3ccc(F)cc13)CNCC2. The van der Waals surface area contributed by atoms with E-state index in [9.17, 15) is 4.39 Å². The highest BCUT2D eigenvalue weighted by Gasteiger charge is 2.18. The fourth-order valence-electron chi connectivity index (χ4n) is 2.35. The van der Waals surface area contributed by atoms with Crippen molar-refractivity contribution in [1.82, 2.24) is 10.3 Å². The van der Waals surface area contributed by atoms with Gasteiger partial charge in [0, 0.05) is 17.5 Å². The summed E-state index contributed by atoms with van der Waals surface area (Å²) in [5.41, 5.74) is 2.89. The number of hydrogen-bond acceptors (Lipinski definition) is 3. The number of pyridine rings is 1. The fourth-order valence-corrected chi connectivity index (χ4v) is 2.35. The highest BCUT2D eigenvalue weighted by molar-refractivity contribution is 5.87. The third kappa shape index (κ3) is 1.65. The summed E-state index contributed by atoms with van der Waals surface area (Å²) in [6.07, 6.45) is 0.873. The lowest BCUT2D eigenvalue weighted by Gasteiger charge is -2.20. The molecule has 0 unspecified atom stereocenters. The molecule has 0 spiro atoms. The van der Waals surface area contributed by atoms with Crippen LogP contribution in [-0.4, -0.2) is 18.6 Å². The van der Waals surface area contributed by atoms with E-state index in [1.165, 1.54) is 12.1 Å². The van der Waals surface area contributed by atoms with Crippen LogP contribution >= 0.6 is 0 Å². The van der Waals surface area contributed by atoms with E-state index < -0.39 is 0 Å². The second-order valence-electron chi connectivity index (χ2n) is 4.16. The average Bonchev–Trinajstić information content (AvgIpc) is 2.36. The van der Waals surface area contributed by atoms with Crippen molar-refractivity contribution in [3.63, 3.8) is 0 Å². The van der Waals surface area contributed by atoms with Gasteiger partial charge in [-0.3, -0.25) is 4.98 Å². The first-order chi connectivity index (χ1) is 8.29. The van der Waals surface area contributed by atoms with E-state index in [1.807, 2.05) is 0 Å². The first-order valence-electron chi connectivity index (χ1n) is 5.65. The minimum atomic E-state index is -0.258. The third-order valence-electron chi connectivity index (χ3n) is 3.13. The average molecular weight is 232 g/mol. The van der Waals surface area contributed by atoms with E-state index >= 15 is 0 Å². The van der Waals surface area contributed by atoms with Crippen molar-refractivity contribution in [2.75, 3.05) is 13.7 Å². The molecule has 4 heteroatoms. The van der Waals surface area contributed by atoms with E-state index in [1.54, 1.807) is 13.2 Å². The Morgan fingerprint density at radius 3 is 3.12 bits per heavy atom. The zero-order chi connectivity index (χ0) is 11.8. The molecule has 0 aliphatic carbocycles. The zero-order valence-electron chi connectivity index (χ0n) is 9.59. The van der Waals surface area contributed by atoms with Crippen LogP contribution in [0.1, 0.15) is 11.3 Å². The number of hydrogen-bond donors (Lipinski definition) is 1. The minimum absolute atomic E-state index is 0.258. The Kier molecular flexibility index (Phi) is 2.44. The summed E-state index contributed by atoms with van der Waals surface area (Å²) in [5, 5.41) is 4.03. The number of ether oxygens (including phenoxy) is 1. The second-order valence-corrected chi connectivity index (χ2v) is 4.16. The Bertz CT molecular complexity index is 583. The molecule has 1 N–H and O–H groups in total. The predicted octanol–water partition coefficient (Wildman–Crippen LogP) is 2.03. The molecule has 0 atom stereocenters. The molecule has 17 heavy (non-hydrogen) atoms. The molecule has 2 heterocycles. The zero-order valence-corrected chi connectivity index (χ0v) is 9.59. The molecule has 1 aliphatic heterocycles. The molecule has 0 radical (unpaired) electrons. The maximum atomic E-state index is 13.3. The van der Waals surface area contributed by atoms with E-state index in [0.717, 1.165) is 47.4 Å². The lowest BCUT2D eigenvalue weighted by molar-refractivity contribution is 0.410. The van der Waals surface area contributed by atoms with Gasteiger partial charge in [-0.15, -0.1) is 0 Å². The topological polar surface area (TPSA) is 34.1 Å². The lowest BCUT2D eigenvalue weighted by atomic mass is 10.0. The normalized spacial score (nSPS) is 14.7. The van der Waals surface area contributed by atoms with Crippen LogP contribution in [0.5, 0.6) is 5.75 Å². The van der Waals surface area contributed by atoms with Crippen molar-refractivity contribution in [2.24, 2.45) is 0 Å². The predicted molar refractivity (Wildman–Crippen MR) is 63.7 cm³/mol. The van der Waals surface area contributed by atoms with Crippen molar-refractivity contribution in [3.8, 4) is 5.75 Å². The molecule has 0 saturated heterocycles. The largest absolute Gasteiger partial charge is 0.496 e. The maximum Gasteiger partial charge on any atom is 0.133 e. The van der Waals surface area contributed by atoms with Gasteiger partial charge in [-0.25, -0.2) is 4.39 Å². The van der Waals surface area contributed by atoms with Gasteiger partial charge in [0.1, 0.15) is 11.6 Å². The number of rotatable bonds is 1.